The van der Waals surface area contributed by atoms with Crippen LogP contribution in [-0.4, -0.2) is 22.4 Å². The van der Waals surface area contributed by atoms with Crippen molar-refractivity contribution >= 4 is 0 Å². The Balaban J connectivity index is 3.31. The molecule has 0 bridgehead atoms. The van der Waals surface area contributed by atoms with Gasteiger partial charge in [0.2, 0.25) is 0 Å². The summed E-state index contributed by atoms with van der Waals surface area (Å²) in [4.78, 5) is 0. The van der Waals surface area contributed by atoms with Gasteiger partial charge in [-0.25, -0.2) is 0 Å². The standard InChI is InChI=1S/C8H18O2/c1-3-5-6-8(10)7(9)4-2/h7-10H,3-6H2,1-2H3/t7-,8+/m1/s1. The molecule has 2 N–H and O–H groups in total. The predicted molar refractivity (Wildman–Crippen MR) is 41.8 cm³/mol. The fraction of sp³-hybridized carbons (Fsp3) is 1.00. The number of aliphatic hydroxyl groups excluding tert-OH is 2. The first kappa shape index (κ1) is 9.92. The highest BCUT2D eigenvalue weighted by atomic mass is 16.3. The average molecular weight is 146 g/mol. The Hall–Kier alpha value is -0.0800. The van der Waals surface area contributed by atoms with E-state index in [1.54, 1.807) is 0 Å². The maximum absolute atomic E-state index is 9.20. The van der Waals surface area contributed by atoms with Gasteiger partial charge < -0.3 is 10.2 Å². The van der Waals surface area contributed by atoms with Crippen LogP contribution in [0.2, 0.25) is 0 Å². The molecule has 0 spiro atoms. The smallest absolute Gasteiger partial charge is 0.0799 e. The summed E-state index contributed by atoms with van der Waals surface area (Å²) >= 11 is 0. The molecule has 0 aromatic rings. The maximum atomic E-state index is 9.20. The highest BCUT2D eigenvalue weighted by Gasteiger charge is 2.12. The molecule has 0 radical (unpaired) electrons. The Kier molecular flexibility index (Phi) is 5.64. The number of aliphatic hydroxyl groups is 2. The molecule has 2 nitrogen and oxygen atoms in total. The van der Waals surface area contributed by atoms with Gasteiger partial charge in [0.25, 0.3) is 0 Å². The van der Waals surface area contributed by atoms with Crippen molar-refractivity contribution in [2.24, 2.45) is 0 Å². The molecule has 0 saturated carbocycles. The second-order valence-electron chi connectivity index (χ2n) is 2.69. The largest absolute Gasteiger partial charge is 0.390 e. The van der Waals surface area contributed by atoms with E-state index in [0.29, 0.717) is 6.42 Å². The summed E-state index contributed by atoms with van der Waals surface area (Å²) in [6, 6.07) is 0. The molecule has 0 aliphatic rings. The monoisotopic (exact) mass is 146 g/mol. The van der Waals surface area contributed by atoms with E-state index in [4.69, 9.17) is 5.11 Å². The van der Waals surface area contributed by atoms with Gasteiger partial charge in [-0.3, -0.25) is 0 Å². The third-order valence-electron chi connectivity index (χ3n) is 1.72. The van der Waals surface area contributed by atoms with Gasteiger partial charge >= 0.3 is 0 Å². The van der Waals surface area contributed by atoms with Crippen molar-refractivity contribution in [3.05, 3.63) is 0 Å². The first-order chi connectivity index (χ1) is 4.72. The summed E-state index contributed by atoms with van der Waals surface area (Å²) in [7, 11) is 0. The Morgan fingerprint density at radius 1 is 1.10 bits per heavy atom. The van der Waals surface area contributed by atoms with Gasteiger partial charge in [0.05, 0.1) is 12.2 Å². The molecule has 2 atom stereocenters. The van der Waals surface area contributed by atoms with Crippen molar-refractivity contribution in [1.82, 2.24) is 0 Å². The fourth-order valence-corrected chi connectivity index (χ4v) is 0.878. The van der Waals surface area contributed by atoms with Gasteiger partial charge in [0.15, 0.2) is 0 Å². The van der Waals surface area contributed by atoms with Crippen LogP contribution in [0.25, 0.3) is 0 Å². The summed E-state index contributed by atoms with van der Waals surface area (Å²) in [6.07, 6.45) is 2.42. The van der Waals surface area contributed by atoms with Gasteiger partial charge in [-0.15, -0.1) is 0 Å². The van der Waals surface area contributed by atoms with Crippen LogP contribution in [0.15, 0.2) is 0 Å². The lowest BCUT2D eigenvalue weighted by molar-refractivity contribution is 0.0116. The van der Waals surface area contributed by atoms with Crippen molar-refractivity contribution in [3.8, 4) is 0 Å². The number of unbranched alkanes of at least 4 members (excludes halogenated alkanes) is 1. The quantitative estimate of drug-likeness (QED) is 0.614. The second kappa shape index (κ2) is 5.69. The second-order valence-corrected chi connectivity index (χ2v) is 2.69. The lowest BCUT2D eigenvalue weighted by atomic mass is 10.1. The van der Waals surface area contributed by atoms with Crippen LogP contribution in [0, 0.1) is 0 Å². The minimum atomic E-state index is -0.522. The highest BCUT2D eigenvalue weighted by molar-refractivity contribution is 4.64. The van der Waals surface area contributed by atoms with E-state index in [2.05, 4.69) is 6.92 Å². The number of hydrogen-bond acceptors (Lipinski definition) is 2. The van der Waals surface area contributed by atoms with E-state index < -0.39 is 12.2 Å². The van der Waals surface area contributed by atoms with Crippen LogP contribution in [0.4, 0.5) is 0 Å². The molecule has 2 heteroatoms. The zero-order valence-corrected chi connectivity index (χ0v) is 6.88. The zero-order valence-electron chi connectivity index (χ0n) is 6.88. The van der Waals surface area contributed by atoms with E-state index in [9.17, 15) is 5.11 Å². The minimum absolute atomic E-state index is 0.509. The maximum Gasteiger partial charge on any atom is 0.0799 e. The highest BCUT2D eigenvalue weighted by Crippen LogP contribution is 2.06. The van der Waals surface area contributed by atoms with Gasteiger partial charge in [-0.2, -0.15) is 0 Å². The molecule has 0 fully saturated rings. The molecule has 0 aliphatic heterocycles. The summed E-state index contributed by atoms with van der Waals surface area (Å²) in [5.41, 5.74) is 0. The molecular formula is C8H18O2. The first-order valence-electron chi connectivity index (χ1n) is 4.08. The van der Waals surface area contributed by atoms with Gasteiger partial charge in [0.1, 0.15) is 0 Å². The van der Waals surface area contributed by atoms with Crippen molar-refractivity contribution in [2.75, 3.05) is 0 Å². The Morgan fingerprint density at radius 3 is 2.10 bits per heavy atom. The third kappa shape index (κ3) is 3.85. The van der Waals surface area contributed by atoms with Crippen molar-refractivity contribution in [2.45, 2.75) is 51.7 Å². The molecule has 0 aromatic carbocycles. The van der Waals surface area contributed by atoms with Gasteiger partial charge in [-0.1, -0.05) is 26.7 Å². The van der Waals surface area contributed by atoms with E-state index in [1.807, 2.05) is 6.92 Å². The minimum Gasteiger partial charge on any atom is -0.390 e. The average Bonchev–Trinajstić information content (AvgIpc) is 1.98. The topological polar surface area (TPSA) is 40.5 Å². The molecular weight excluding hydrogens is 128 g/mol. The van der Waals surface area contributed by atoms with Crippen LogP contribution in [-0.2, 0) is 0 Å². The normalized spacial score (nSPS) is 16.8. The van der Waals surface area contributed by atoms with Crippen LogP contribution >= 0.6 is 0 Å². The lowest BCUT2D eigenvalue weighted by Crippen LogP contribution is -2.24. The van der Waals surface area contributed by atoms with E-state index in [1.165, 1.54) is 0 Å². The van der Waals surface area contributed by atoms with Gasteiger partial charge in [0, 0.05) is 0 Å². The Labute approximate surface area is 62.9 Å². The molecule has 10 heavy (non-hydrogen) atoms. The van der Waals surface area contributed by atoms with E-state index >= 15 is 0 Å². The third-order valence-corrected chi connectivity index (χ3v) is 1.72. The lowest BCUT2D eigenvalue weighted by Gasteiger charge is -2.14. The van der Waals surface area contributed by atoms with Crippen LogP contribution in [0.3, 0.4) is 0 Å². The predicted octanol–water partition coefficient (Wildman–Crippen LogP) is 1.31. The van der Waals surface area contributed by atoms with Crippen LogP contribution in [0.1, 0.15) is 39.5 Å². The molecule has 0 aromatic heterocycles. The van der Waals surface area contributed by atoms with Crippen LogP contribution < -0.4 is 0 Å². The molecule has 62 valence electrons. The van der Waals surface area contributed by atoms with Crippen LogP contribution in [0.5, 0.6) is 0 Å². The van der Waals surface area contributed by atoms with E-state index in [-0.39, 0.29) is 0 Å². The fourth-order valence-electron chi connectivity index (χ4n) is 0.878. The van der Waals surface area contributed by atoms with E-state index in [0.717, 1.165) is 19.3 Å². The Bertz CT molecular complexity index is 73.7. The van der Waals surface area contributed by atoms with Crippen molar-refractivity contribution in [1.29, 1.82) is 0 Å². The number of rotatable bonds is 5. The molecule has 0 saturated heterocycles. The van der Waals surface area contributed by atoms with Gasteiger partial charge in [-0.05, 0) is 12.8 Å². The molecule has 0 heterocycles. The zero-order chi connectivity index (χ0) is 7.98. The van der Waals surface area contributed by atoms with Crippen molar-refractivity contribution < 1.29 is 10.2 Å². The van der Waals surface area contributed by atoms with Crippen molar-refractivity contribution in [3.63, 3.8) is 0 Å². The summed E-state index contributed by atoms with van der Waals surface area (Å²) in [6.45, 7) is 3.95. The summed E-state index contributed by atoms with van der Waals surface area (Å²) in [5.74, 6) is 0. The molecule has 0 amide bonds. The molecule has 0 aliphatic carbocycles. The number of hydrogen-bond donors (Lipinski definition) is 2. The first-order valence-corrected chi connectivity index (χ1v) is 4.08. The molecule has 0 unspecified atom stereocenters. The summed E-state index contributed by atoms with van der Waals surface area (Å²) in [5, 5.41) is 18.3. The molecule has 0 rings (SSSR count). The Morgan fingerprint density at radius 2 is 1.70 bits per heavy atom. The summed E-state index contributed by atoms with van der Waals surface area (Å²) < 4.78 is 0. The SMILES string of the molecule is CCCC[C@H](O)[C@H](O)CC.